The molecular formula is C11H15ClN2O. The van der Waals surface area contributed by atoms with E-state index in [0.29, 0.717) is 13.1 Å². The topological polar surface area (TPSA) is 49.5 Å². The van der Waals surface area contributed by atoms with Crippen molar-refractivity contribution in [2.75, 3.05) is 19.7 Å². The van der Waals surface area contributed by atoms with Gasteiger partial charge in [-0.3, -0.25) is 4.90 Å². The van der Waals surface area contributed by atoms with Crippen LogP contribution in [-0.4, -0.2) is 29.7 Å². The molecule has 3 N–H and O–H groups in total. The lowest BCUT2D eigenvalue weighted by molar-refractivity contribution is 0.164. The van der Waals surface area contributed by atoms with Crippen LogP contribution < -0.4 is 5.73 Å². The first-order chi connectivity index (χ1) is 7.27. The van der Waals surface area contributed by atoms with Gasteiger partial charge < -0.3 is 10.8 Å². The van der Waals surface area contributed by atoms with Gasteiger partial charge in [-0.05, 0) is 17.2 Å². The van der Waals surface area contributed by atoms with E-state index in [1.54, 1.807) is 0 Å². The number of fused-ring (bicyclic) bond motifs is 1. The van der Waals surface area contributed by atoms with Crippen molar-refractivity contribution in [3.8, 4) is 0 Å². The minimum absolute atomic E-state index is 0.155. The Balaban J connectivity index is 2.32. The summed E-state index contributed by atoms with van der Waals surface area (Å²) in [5.41, 5.74) is 8.12. The Morgan fingerprint density at radius 3 is 3.00 bits per heavy atom. The first kappa shape index (κ1) is 10.9. The summed E-state index contributed by atoms with van der Waals surface area (Å²) < 4.78 is 0. The largest absolute Gasteiger partial charge is 0.395 e. The summed E-state index contributed by atoms with van der Waals surface area (Å²) in [5.74, 6) is 0. The Bertz CT molecular complexity index is 356. The van der Waals surface area contributed by atoms with Gasteiger partial charge in [-0.2, -0.15) is 0 Å². The fraction of sp³-hybridized carbons (Fsp3) is 0.455. The van der Waals surface area contributed by atoms with Crippen LogP contribution in [0.3, 0.4) is 0 Å². The fourth-order valence-corrected chi connectivity index (χ4v) is 2.45. The van der Waals surface area contributed by atoms with E-state index in [-0.39, 0.29) is 12.6 Å². The highest BCUT2D eigenvalue weighted by Crippen LogP contribution is 2.36. The van der Waals surface area contributed by atoms with Gasteiger partial charge in [-0.15, -0.1) is 0 Å². The number of nitrogens with two attached hydrogens (primary N) is 1. The van der Waals surface area contributed by atoms with Gasteiger partial charge in [0.05, 0.1) is 6.61 Å². The van der Waals surface area contributed by atoms with Crippen molar-refractivity contribution in [1.29, 1.82) is 0 Å². The van der Waals surface area contributed by atoms with E-state index >= 15 is 0 Å². The predicted molar refractivity (Wildman–Crippen MR) is 60.7 cm³/mol. The summed E-state index contributed by atoms with van der Waals surface area (Å²) in [6.45, 7) is 2.15. The molecule has 1 aromatic carbocycles. The van der Waals surface area contributed by atoms with Crippen LogP contribution in [0.2, 0.25) is 5.02 Å². The summed E-state index contributed by atoms with van der Waals surface area (Å²) >= 11 is 6.13. The first-order valence-corrected chi connectivity index (χ1v) is 5.48. The molecule has 0 fully saturated rings. The molecule has 1 aliphatic rings. The quantitative estimate of drug-likeness (QED) is 0.813. The number of hydrogen-bond acceptors (Lipinski definition) is 3. The molecule has 0 spiro atoms. The maximum Gasteiger partial charge on any atom is 0.0558 e. The van der Waals surface area contributed by atoms with Gasteiger partial charge in [-0.25, -0.2) is 0 Å². The van der Waals surface area contributed by atoms with Gasteiger partial charge in [0.15, 0.2) is 0 Å². The van der Waals surface area contributed by atoms with Crippen molar-refractivity contribution in [2.45, 2.75) is 12.6 Å². The van der Waals surface area contributed by atoms with Crippen molar-refractivity contribution in [1.82, 2.24) is 4.90 Å². The Labute approximate surface area is 94.4 Å². The summed E-state index contributed by atoms with van der Waals surface area (Å²) in [7, 11) is 0. The molecule has 0 aliphatic carbocycles. The molecule has 1 aliphatic heterocycles. The Hall–Kier alpha value is -0.610. The molecule has 0 saturated heterocycles. The average Bonchev–Trinajstić information content (AvgIpc) is 2.58. The molecule has 2 rings (SSSR count). The Morgan fingerprint density at radius 1 is 1.53 bits per heavy atom. The minimum Gasteiger partial charge on any atom is -0.395 e. The van der Waals surface area contributed by atoms with Crippen LogP contribution in [0.4, 0.5) is 0 Å². The number of aliphatic hydroxyl groups is 1. The van der Waals surface area contributed by atoms with Crippen LogP contribution in [-0.2, 0) is 6.54 Å². The van der Waals surface area contributed by atoms with Crippen molar-refractivity contribution in [3.63, 3.8) is 0 Å². The highest BCUT2D eigenvalue weighted by atomic mass is 35.5. The van der Waals surface area contributed by atoms with Crippen molar-refractivity contribution in [2.24, 2.45) is 5.73 Å². The number of nitrogens with zero attached hydrogens (tertiary/aromatic N) is 1. The molecule has 1 heterocycles. The van der Waals surface area contributed by atoms with Crippen LogP contribution in [0.5, 0.6) is 0 Å². The SMILES string of the molecule is NCC1c2cccc(Cl)c2CN1CCO. The Morgan fingerprint density at radius 2 is 2.33 bits per heavy atom. The maximum absolute atomic E-state index is 8.97. The fourth-order valence-electron chi connectivity index (χ4n) is 2.20. The second-order valence-corrected chi connectivity index (χ2v) is 4.16. The molecule has 4 heteroatoms. The second-order valence-electron chi connectivity index (χ2n) is 3.75. The van der Waals surface area contributed by atoms with E-state index in [4.69, 9.17) is 22.4 Å². The van der Waals surface area contributed by atoms with Crippen LogP contribution >= 0.6 is 11.6 Å². The van der Waals surface area contributed by atoms with E-state index in [1.165, 1.54) is 5.56 Å². The zero-order valence-corrected chi connectivity index (χ0v) is 9.24. The normalized spacial score (nSPS) is 20.6. The standard InChI is InChI=1S/C11H15ClN2O/c12-10-3-1-2-8-9(10)7-14(4-5-15)11(8)6-13/h1-3,11,15H,4-7,13H2. The zero-order chi connectivity index (χ0) is 10.8. The maximum atomic E-state index is 8.97. The molecule has 3 nitrogen and oxygen atoms in total. The Kier molecular flexibility index (Phi) is 3.26. The highest BCUT2D eigenvalue weighted by molar-refractivity contribution is 6.31. The molecule has 15 heavy (non-hydrogen) atoms. The van der Waals surface area contributed by atoms with Gasteiger partial charge in [0, 0.05) is 30.7 Å². The second kappa shape index (κ2) is 4.49. The molecule has 82 valence electrons. The zero-order valence-electron chi connectivity index (χ0n) is 8.49. The first-order valence-electron chi connectivity index (χ1n) is 5.10. The highest BCUT2D eigenvalue weighted by Gasteiger charge is 2.29. The smallest absolute Gasteiger partial charge is 0.0558 e. The minimum atomic E-state index is 0.155. The van der Waals surface area contributed by atoms with Crippen LogP contribution in [0, 0.1) is 0 Å². The van der Waals surface area contributed by atoms with Gasteiger partial charge in [0.1, 0.15) is 0 Å². The molecule has 1 atom stereocenters. The summed E-state index contributed by atoms with van der Waals surface area (Å²) in [4.78, 5) is 2.16. The number of aliphatic hydroxyl groups excluding tert-OH is 1. The molecule has 0 bridgehead atoms. The van der Waals surface area contributed by atoms with Gasteiger partial charge in [0.25, 0.3) is 0 Å². The van der Waals surface area contributed by atoms with Crippen molar-refractivity contribution >= 4 is 11.6 Å². The van der Waals surface area contributed by atoms with Crippen LogP contribution in [0.25, 0.3) is 0 Å². The third-order valence-electron chi connectivity index (χ3n) is 2.93. The average molecular weight is 227 g/mol. The van der Waals surface area contributed by atoms with Crippen molar-refractivity contribution < 1.29 is 5.11 Å². The third kappa shape index (κ3) is 1.88. The number of halogens is 1. The molecule has 0 radical (unpaired) electrons. The van der Waals surface area contributed by atoms with Crippen LogP contribution in [0.1, 0.15) is 17.2 Å². The number of hydrogen-bond donors (Lipinski definition) is 2. The molecule has 0 amide bonds. The van der Waals surface area contributed by atoms with Gasteiger partial charge >= 0.3 is 0 Å². The number of benzene rings is 1. The third-order valence-corrected chi connectivity index (χ3v) is 3.28. The molecular weight excluding hydrogens is 212 g/mol. The van der Waals surface area contributed by atoms with E-state index < -0.39 is 0 Å². The van der Waals surface area contributed by atoms with E-state index in [0.717, 1.165) is 17.1 Å². The lowest BCUT2D eigenvalue weighted by Gasteiger charge is -2.22. The molecule has 0 aromatic heterocycles. The lowest BCUT2D eigenvalue weighted by atomic mass is 10.1. The predicted octanol–water partition coefficient (Wildman–Crippen LogP) is 1.15. The van der Waals surface area contributed by atoms with Crippen LogP contribution in [0.15, 0.2) is 18.2 Å². The number of rotatable bonds is 3. The molecule has 0 saturated carbocycles. The van der Waals surface area contributed by atoms with E-state index in [2.05, 4.69) is 11.0 Å². The van der Waals surface area contributed by atoms with Gasteiger partial charge in [-0.1, -0.05) is 23.7 Å². The van der Waals surface area contributed by atoms with E-state index in [9.17, 15) is 0 Å². The van der Waals surface area contributed by atoms with E-state index in [1.807, 2.05) is 12.1 Å². The van der Waals surface area contributed by atoms with Crippen molar-refractivity contribution in [3.05, 3.63) is 34.3 Å². The number of β-amino-alcohol motifs (C(OH)–C–C–N with tert-alkyl or cyclic N) is 1. The summed E-state index contributed by atoms with van der Waals surface area (Å²) in [6.07, 6.45) is 0. The summed E-state index contributed by atoms with van der Waals surface area (Å²) in [5, 5.41) is 9.77. The van der Waals surface area contributed by atoms with Gasteiger partial charge in [0.2, 0.25) is 0 Å². The monoisotopic (exact) mass is 226 g/mol. The molecule has 1 aromatic rings. The lowest BCUT2D eigenvalue weighted by Crippen LogP contribution is -2.30. The molecule has 1 unspecified atom stereocenters. The summed E-state index contributed by atoms with van der Waals surface area (Å²) in [6, 6.07) is 6.12.